The first-order valence-electron chi connectivity index (χ1n) is 9.94. The summed E-state index contributed by atoms with van der Waals surface area (Å²) < 4.78 is 54.7. The molecule has 2 atom stereocenters. The Hall–Kier alpha value is -0.960. The van der Waals surface area contributed by atoms with Gasteiger partial charge in [-0.2, -0.15) is 8.61 Å². The minimum Gasteiger partial charge on any atom is -0.207 e. The van der Waals surface area contributed by atoms with E-state index in [-0.39, 0.29) is 15.8 Å². The molecule has 1 saturated heterocycles. The maximum atomic E-state index is 13.2. The second kappa shape index (κ2) is 8.19. The Morgan fingerprint density at radius 1 is 0.889 bits per heavy atom. The molecule has 1 saturated carbocycles. The van der Waals surface area contributed by atoms with Crippen LogP contribution < -0.4 is 0 Å². The lowest BCUT2D eigenvalue weighted by Gasteiger charge is -2.43. The summed E-state index contributed by atoms with van der Waals surface area (Å²) in [6.07, 6.45) is 6.31. The molecule has 2 aliphatic rings. The van der Waals surface area contributed by atoms with Crippen LogP contribution in [-0.4, -0.2) is 51.1 Å². The highest BCUT2D eigenvalue weighted by molar-refractivity contribution is 7.89. The highest BCUT2D eigenvalue weighted by Crippen LogP contribution is 2.38. The van der Waals surface area contributed by atoms with E-state index < -0.39 is 20.0 Å². The molecule has 2 fully saturated rings. The minimum absolute atomic E-state index is 0.0941. The number of hydrogen-bond acceptors (Lipinski definition) is 4. The molecular formula is C19H30N2O4S2. The van der Waals surface area contributed by atoms with Gasteiger partial charge in [-0.05, 0) is 55.9 Å². The summed E-state index contributed by atoms with van der Waals surface area (Å²) >= 11 is 0. The predicted octanol–water partition coefficient (Wildman–Crippen LogP) is 3.06. The van der Waals surface area contributed by atoms with Crippen LogP contribution in [0.15, 0.2) is 34.1 Å². The third-order valence-corrected chi connectivity index (χ3v) is 9.97. The Morgan fingerprint density at radius 2 is 1.44 bits per heavy atom. The fourth-order valence-electron chi connectivity index (χ4n) is 4.51. The normalized spacial score (nSPS) is 24.7. The van der Waals surface area contributed by atoms with Crippen molar-refractivity contribution >= 4 is 20.0 Å². The molecule has 27 heavy (non-hydrogen) atoms. The van der Waals surface area contributed by atoms with Crippen molar-refractivity contribution in [2.75, 3.05) is 19.6 Å². The van der Waals surface area contributed by atoms with E-state index in [1.165, 1.54) is 35.0 Å². The van der Waals surface area contributed by atoms with Gasteiger partial charge >= 0.3 is 0 Å². The Balaban J connectivity index is 1.87. The summed E-state index contributed by atoms with van der Waals surface area (Å²) in [5, 5.41) is 0. The molecule has 0 radical (unpaired) electrons. The van der Waals surface area contributed by atoms with Gasteiger partial charge in [-0.3, -0.25) is 0 Å². The number of benzene rings is 1. The zero-order valence-corrected chi connectivity index (χ0v) is 17.8. The van der Waals surface area contributed by atoms with E-state index in [1.807, 2.05) is 0 Å². The highest BCUT2D eigenvalue weighted by atomic mass is 32.2. The summed E-state index contributed by atoms with van der Waals surface area (Å²) in [5.74, 6) is 0.463. The quantitative estimate of drug-likeness (QED) is 0.717. The van der Waals surface area contributed by atoms with Gasteiger partial charge in [0.15, 0.2) is 0 Å². The number of sulfonamides is 2. The first-order valence-corrected chi connectivity index (χ1v) is 12.8. The van der Waals surface area contributed by atoms with Crippen LogP contribution in [-0.2, 0) is 20.0 Å². The average molecular weight is 415 g/mol. The highest BCUT2D eigenvalue weighted by Gasteiger charge is 2.40. The maximum Gasteiger partial charge on any atom is 0.243 e. The topological polar surface area (TPSA) is 74.8 Å². The monoisotopic (exact) mass is 414 g/mol. The molecule has 6 nitrogen and oxygen atoms in total. The molecule has 0 N–H and O–H groups in total. The van der Waals surface area contributed by atoms with Crippen LogP contribution in [0.5, 0.6) is 0 Å². The van der Waals surface area contributed by atoms with E-state index in [1.54, 1.807) is 18.2 Å². The molecule has 0 aromatic heterocycles. The van der Waals surface area contributed by atoms with Crippen LogP contribution in [0, 0.1) is 5.92 Å². The number of hydrogen-bond donors (Lipinski definition) is 0. The molecule has 0 spiro atoms. The molecule has 152 valence electrons. The third-order valence-electron chi connectivity index (χ3n) is 5.97. The molecule has 0 bridgehead atoms. The van der Waals surface area contributed by atoms with Crippen molar-refractivity contribution in [2.24, 2.45) is 5.92 Å². The predicted molar refractivity (Wildman–Crippen MR) is 105 cm³/mol. The summed E-state index contributed by atoms with van der Waals surface area (Å²) in [5.41, 5.74) is 0. The van der Waals surface area contributed by atoms with Crippen molar-refractivity contribution < 1.29 is 16.8 Å². The van der Waals surface area contributed by atoms with E-state index >= 15 is 0 Å². The zero-order chi connectivity index (χ0) is 19.7. The molecular weight excluding hydrogens is 384 g/mol. The number of fused-ring (bicyclic) bond motifs is 1. The second-order valence-corrected chi connectivity index (χ2v) is 11.3. The lowest BCUT2D eigenvalue weighted by atomic mass is 9.79. The van der Waals surface area contributed by atoms with E-state index in [0.29, 0.717) is 25.6 Å². The van der Waals surface area contributed by atoms with Gasteiger partial charge in [0.1, 0.15) is 0 Å². The van der Waals surface area contributed by atoms with Crippen LogP contribution in [0.1, 0.15) is 52.4 Å². The van der Waals surface area contributed by atoms with Crippen molar-refractivity contribution in [2.45, 2.75) is 68.2 Å². The van der Waals surface area contributed by atoms with Gasteiger partial charge in [-0.1, -0.05) is 26.7 Å². The smallest absolute Gasteiger partial charge is 0.207 e. The second-order valence-electron chi connectivity index (χ2n) is 7.43. The number of rotatable bonds is 6. The largest absolute Gasteiger partial charge is 0.243 e. The minimum atomic E-state index is -3.60. The first-order chi connectivity index (χ1) is 12.8. The summed E-state index contributed by atoms with van der Waals surface area (Å²) in [4.78, 5) is 0.326. The van der Waals surface area contributed by atoms with Crippen molar-refractivity contribution in [3.63, 3.8) is 0 Å². The first kappa shape index (κ1) is 20.8. The van der Waals surface area contributed by atoms with Gasteiger partial charge < -0.3 is 0 Å². The maximum absolute atomic E-state index is 13.2. The summed E-state index contributed by atoms with van der Waals surface area (Å²) in [7, 11) is -7.18. The van der Waals surface area contributed by atoms with Gasteiger partial charge in [0.25, 0.3) is 0 Å². The van der Waals surface area contributed by atoms with Crippen LogP contribution in [0.2, 0.25) is 0 Å². The average Bonchev–Trinajstić information content (AvgIpc) is 2.68. The SMILES string of the molecule is CCN(CC)S(=O)(=O)c1ccc(S(=O)(=O)N2CCC[C@H]3CCCC[C@@H]32)cc1. The summed E-state index contributed by atoms with van der Waals surface area (Å²) in [6.45, 7) is 4.90. The van der Waals surface area contributed by atoms with Gasteiger partial charge in [0.05, 0.1) is 9.79 Å². The Kier molecular flexibility index (Phi) is 6.30. The Morgan fingerprint density at radius 3 is 2.07 bits per heavy atom. The van der Waals surface area contributed by atoms with Crippen molar-refractivity contribution in [1.82, 2.24) is 8.61 Å². The fraction of sp³-hybridized carbons (Fsp3) is 0.684. The van der Waals surface area contributed by atoms with E-state index in [0.717, 1.165) is 32.1 Å². The van der Waals surface area contributed by atoms with Gasteiger partial charge in [0, 0.05) is 25.7 Å². The van der Waals surface area contributed by atoms with Crippen LogP contribution in [0.3, 0.4) is 0 Å². The van der Waals surface area contributed by atoms with E-state index in [4.69, 9.17) is 0 Å². The van der Waals surface area contributed by atoms with Crippen LogP contribution in [0.4, 0.5) is 0 Å². The molecule has 0 amide bonds. The van der Waals surface area contributed by atoms with Crippen molar-refractivity contribution in [1.29, 1.82) is 0 Å². The Labute approximate surface area is 163 Å². The molecule has 1 aliphatic carbocycles. The standard InChI is InChI=1S/C19H30N2O4S2/c1-3-20(4-2)26(22,23)17-11-13-18(14-12-17)27(24,25)21-15-7-9-16-8-5-6-10-19(16)21/h11-14,16,19H,3-10,15H2,1-2H3/t16-,19+/m1/s1. The van der Waals surface area contributed by atoms with Crippen molar-refractivity contribution in [3.8, 4) is 0 Å². The lowest BCUT2D eigenvalue weighted by molar-refractivity contribution is 0.129. The zero-order valence-electron chi connectivity index (χ0n) is 16.2. The molecule has 1 aliphatic heterocycles. The number of nitrogens with zero attached hydrogens (tertiary/aromatic N) is 2. The summed E-state index contributed by atoms with van der Waals surface area (Å²) in [6, 6.07) is 5.82. The van der Waals surface area contributed by atoms with E-state index in [2.05, 4.69) is 0 Å². The molecule has 1 heterocycles. The van der Waals surface area contributed by atoms with Crippen molar-refractivity contribution in [3.05, 3.63) is 24.3 Å². The van der Waals surface area contributed by atoms with Gasteiger partial charge in [-0.15, -0.1) is 0 Å². The van der Waals surface area contributed by atoms with Gasteiger partial charge in [0.2, 0.25) is 20.0 Å². The van der Waals surface area contributed by atoms with Crippen LogP contribution in [0.25, 0.3) is 0 Å². The molecule has 8 heteroatoms. The molecule has 3 rings (SSSR count). The lowest BCUT2D eigenvalue weighted by Crippen LogP contribution is -2.49. The molecule has 1 aromatic carbocycles. The van der Waals surface area contributed by atoms with E-state index in [9.17, 15) is 16.8 Å². The Bertz CT molecular complexity index is 844. The fourth-order valence-corrected chi connectivity index (χ4v) is 7.72. The number of piperidine rings is 1. The molecule has 1 aromatic rings. The van der Waals surface area contributed by atoms with Crippen LogP contribution >= 0.6 is 0 Å². The van der Waals surface area contributed by atoms with Gasteiger partial charge in [-0.25, -0.2) is 16.8 Å². The molecule has 0 unspecified atom stereocenters. The third kappa shape index (κ3) is 3.95.